The molecule has 0 bridgehead atoms. The maximum atomic E-state index is 10.5. The van der Waals surface area contributed by atoms with Crippen molar-refractivity contribution < 1.29 is 9.53 Å². The van der Waals surface area contributed by atoms with Crippen molar-refractivity contribution in [2.75, 3.05) is 19.8 Å². The highest BCUT2D eigenvalue weighted by Gasteiger charge is 1.91. The van der Waals surface area contributed by atoms with Gasteiger partial charge in [-0.25, -0.2) is 0 Å². The zero-order valence-electron chi connectivity index (χ0n) is 8.77. The number of carbonyl (C=O) groups is 1. The van der Waals surface area contributed by atoms with Gasteiger partial charge in [-0.1, -0.05) is 13.3 Å². The monoisotopic (exact) mass is 187 g/mol. The van der Waals surface area contributed by atoms with Crippen LogP contribution in [0.4, 0.5) is 0 Å². The zero-order chi connectivity index (χ0) is 9.94. The molecule has 0 aliphatic carbocycles. The lowest BCUT2D eigenvalue weighted by Gasteiger charge is -2.03. The summed E-state index contributed by atoms with van der Waals surface area (Å²) in [5.41, 5.74) is 0. The van der Waals surface area contributed by atoms with Crippen LogP contribution < -0.4 is 5.32 Å². The molecule has 0 saturated heterocycles. The van der Waals surface area contributed by atoms with E-state index < -0.39 is 0 Å². The third-order valence-corrected chi connectivity index (χ3v) is 1.73. The predicted molar refractivity (Wildman–Crippen MR) is 53.6 cm³/mol. The lowest BCUT2D eigenvalue weighted by atomic mass is 10.3. The van der Waals surface area contributed by atoms with Gasteiger partial charge in [0.05, 0.1) is 0 Å². The molecule has 0 aliphatic heterocycles. The SMILES string of the molecule is CCCCOCCCCNC(C)=O. The summed E-state index contributed by atoms with van der Waals surface area (Å²) in [7, 11) is 0. The lowest BCUT2D eigenvalue weighted by molar-refractivity contribution is -0.118. The molecule has 0 aromatic carbocycles. The summed E-state index contributed by atoms with van der Waals surface area (Å²) in [6, 6.07) is 0. The number of hydrogen-bond donors (Lipinski definition) is 1. The highest BCUT2D eigenvalue weighted by molar-refractivity contribution is 5.72. The molecule has 0 saturated carbocycles. The van der Waals surface area contributed by atoms with Gasteiger partial charge in [0.25, 0.3) is 0 Å². The Morgan fingerprint density at radius 3 is 2.54 bits per heavy atom. The first-order valence-electron chi connectivity index (χ1n) is 5.09. The van der Waals surface area contributed by atoms with Crippen molar-refractivity contribution >= 4 is 5.91 Å². The minimum atomic E-state index is 0.0481. The van der Waals surface area contributed by atoms with E-state index in [0.29, 0.717) is 0 Å². The van der Waals surface area contributed by atoms with Crippen molar-refractivity contribution in [3.8, 4) is 0 Å². The molecule has 0 aromatic rings. The van der Waals surface area contributed by atoms with Gasteiger partial charge in [0.15, 0.2) is 0 Å². The number of amides is 1. The second-order valence-corrected chi connectivity index (χ2v) is 3.16. The van der Waals surface area contributed by atoms with E-state index in [2.05, 4.69) is 12.2 Å². The molecule has 0 heterocycles. The maximum Gasteiger partial charge on any atom is 0.216 e. The van der Waals surface area contributed by atoms with Gasteiger partial charge in [0.1, 0.15) is 0 Å². The van der Waals surface area contributed by atoms with Gasteiger partial charge in [-0.2, -0.15) is 0 Å². The Balaban J connectivity index is 2.87. The third kappa shape index (κ3) is 11.4. The van der Waals surface area contributed by atoms with E-state index in [-0.39, 0.29) is 5.91 Å². The summed E-state index contributed by atoms with van der Waals surface area (Å²) in [5.74, 6) is 0.0481. The number of nitrogens with one attached hydrogen (secondary N) is 1. The van der Waals surface area contributed by atoms with Crippen LogP contribution in [-0.4, -0.2) is 25.7 Å². The average Bonchev–Trinajstić information content (AvgIpc) is 2.09. The first-order valence-corrected chi connectivity index (χ1v) is 5.09. The molecule has 78 valence electrons. The van der Waals surface area contributed by atoms with E-state index in [1.807, 2.05) is 0 Å². The van der Waals surface area contributed by atoms with Gasteiger partial charge >= 0.3 is 0 Å². The Hall–Kier alpha value is -0.570. The summed E-state index contributed by atoms with van der Waals surface area (Å²) in [6.45, 7) is 6.15. The molecular formula is C10H21NO2. The van der Waals surface area contributed by atoms with Crippen LogP contribution in [0.5, 0.6) is 0 Å². The predicted octanol–water partition coefficient (Wildman–Crippen LogP) is 1.72. The third-order valence-electron chi connectivity index (χ3n) is 1.73. The minimum Gasteiger partial charge on any atom is -0.381 e. The molecule has 13 heavy (non-hydrogen) atoms. The number of ether oxygens (including phenoxy) is 1. The van der Waals surface area contributed by atoms with E-state index in [4.69, 9.17) is 4.74 Å². The second-order valence-electron chi connectivity index (χ2n) is 3.16. The van der Waals surface area contributed by atoms with Crippen LogP contribution in [0.3, 0.4) is 0 Å². The number of unbranched alkanes of at least 4 members (excludes halogenated alkanes) is 2. The summed E-state index contributed by atoms with van der Waals surface area (Å²) >= 11 is 0. The molecule has 0 radical (unpaired) electrons. The van der Waals surface area contributed by atoms with Gasteiger partial charge in [0, 0.05) is 26.7 Å². The van der Waals surface area contributed by atoms with Gasteiger partial charge in [-0.05, 0) is 19.3 Å². The second kappa shape index (κ2) is 9.52. The molecule has 0 rings (SSSR count). The Labute approximate surface area is 80.8 Å². The minimum absolute atomic E-state index is 0.0481. The van der Waals surface area contributed by atoms with Crippen molar-refractivity contribution in [2.45, 2.75) is 39.5 Å². The first-order chi connectivity index (χ1) is 6.27. The van der Waals surface area contributed by atoms with Crippen LogP contribution >= 0.6 is 0 Å². The molecule has 0 aliphatic rings. The number of rotatable bonds is 8. The molecule has 0 aromatic heterocycles. The van der Waals surface area contributed by atoms with Crippen LogP contribution in [0.1, 0.15) is 39.5 Å². The summed E-state index contributed by atoms with van der Waals surface area (Å²) < 4.78 is 5.37. The van der Waals surface area contributed by atoms with Crippen molar-refractivity contribution in [3.05, 3.63) is 0 Å². The first kappa shape index (κ1) is 12.4. The van der Waals surface area contributed by atoms with Crippen molar-refractivity contribution in [1.82, 2.24) is 5.32 Å². The fourth-order valence-electron chi connectivity index (χ4n) is 0.942. The van der Waals surface area contributed by atoms with Crippen molar-refractivity contribution in [2.24, 2.45) is 0 Å². The topological polar surface area (TPSA) is 38.3 Å². The molecule has 1 amide bonds. The highest BCUT2D eigenvalue weighted by Crippen LogP contribution is 1.92. The van der Waals surface area contributed by atoms with Crippen LogP contribution in [0, 0.1) is 0 Å². The Kier molecular flexibility index (Phi) is 9.10. The van der Waals surface area contributed by atoms with Gasteiger partial charge in [-0.15, -0.1) is 0 Å². The standard InChI is InChI=1S/C10H21NO2/c1-3-4-8-13-9-6-5-7-11-10(2)12/h3-9H2,1-2H3,(H,11,12). The van der Waals surface area contributed by atoms with Gasteiger partial charge in [-0.3, -0.25) is 4.79 Å². The lowest BCUT2D eigenvalue weighted by Crippen LogP contribution is -2.21. The van der Waals surface area contributed by atoms with Gasteiger partial charge in [0.2, 0.25) is 5.91 Å². The molecular weight excluding hydrogens is 166 g/mol. The zero-order valence-corrected chi connectivity index (χ0v) is 8.77. The van der Waals surface area contributed by atoms with Crippen LogP contribution in [0.15, 0.2) is 0 Å². The fourth-order valence-corrected chi connectivity index (χ4v) is 0.942. The van der Waals surface area contributed by atoms with E-state index in [1.165, 1.54) is 13.3 Å². The van der Waals surface area contributed by atoms with E-state index in [0.717, 1.165) is 39.0 Å². The molecule has 0 fully saturated rings. The van der Waals surface area contributed by atoms with Crippen molar-refractivity contribution in [1.29, 1.82) is 0 Å². The normalized spacial score (nSPS) is 10.0. The number of carbonyl (C=O) groups excluding carboxylic acids is 1. The average molecular weight is 187 g/mol. The molecule has 3 nitrogen and oxygen atoms in total. The summed E-state index contributed by atoms with van der Waals surface area (Å²) in [5, 5.41) is 2.75. The molecule has 0 atom stereocenters. The summed E-state index contributed by atoms with van der Waals surface area (Å²) in [4.78, 5) is 10.5. The van der Waals surface area contributed by atoms with E-state index in [1.54, 1.807) is 0 Å². The van der Waals surface area contributed by atoms with E-state index >= 15 is 0 Å². The van der Waals surface area contributed by atoms with Crippen LogP contribution in [0.2, 0.25) is 0 Å². The largest absolute Gasteiger partial charge is 0.381 e. The Morgan fingerprint density at radius 2 is 1.92 bits per heavy atom. The van der Waals surface area contributed by atoms with Crippen LogP contribution in [-0.2, 0) is 9.53 Å². The highest BCUT2D eigenvalue weighted by atomic mass is 16.5. The molecule has 3 heteroatoms. The Morgan fingerprint density at radius 1 is 1.23 bits per heavy atom. The number of hydrogen-bond acceptors (Lipinski definition) is 2. The fraction of sp³-hybridized carbons (Fsp3) is 0.900. The maximum absolute atomic E-state index is 10.5. The molecule has 0 unspecified atom stereocenters. The van der Waals surface area contributed by atoms with Crippen LogP contribution in [0.25, 0.3) is 0 Å². The quantitative estimate of drug-likeness (QED) is 0.588. The smallest absolute Gasteiger partial charge is 0.216 e. The van der Waals surface area contributed by atoms with E-state index in [9.17, 15) is 4.79 Å². The molecule has 0 spiro atoms. The van der Waals surface area contributed by atoms with Gasteiger partial charge < -0.3 is 10.1 Å². The Bertz CT molecular complexity index is 126. The molecule has 1 N–H and O–H groups in total. The summed E-state index contributed by atoms with van der Waals surface area (Å²) in [6.07, 6.45) is 4.37. The van der Waals surface area contributed by atoms with Crippen molar-refractivity contribution in [3.63, 3.8) is 0 Å².